The molecule has 2 aliphatic rings. The first-order chi connectivity index (χ1) is 12.4. The van der Waals surface area contributed by atoms with E-state index in [0.29, 0.717) is 28.1 Å². The molecule has 0 fully saturated rings. The Morgan fingerprint density at radius 1 is 0.885 bits per heavy atom. The second-order valence-corrected chi connectivity index (χ2v) is 6.65. The molecule has 4 N–H and O–H groups in total. The highest BCUT2D eigenvalue weighted by atomic mass is 32.1. The number of phenols is 2. The largest absolute Gasteiger partial charge is 0.507 e. The van der Waals surface area contributed by atoms with Crippen molar-refractivity contribution < 1.29 is 19.8 Å². The molecule has 0 amide bonds. The number of nitrogens with two attached hydrogens (primary N) is 1. The number of hydrogen-bond donors (Lipinski definition) is 3. The standard InChI is InChI=1S/C20H13NO4S/c21-13-7-4-9(8-15(13)26)10-5-6-12-17(19(10)24)20(25)16-11(18(12)23)2-1-3-14(16)22/h1-7,22,24H,8,21H2. The van der Waals surface area contributed by atoms with E-state index < -0.39 is 11.6 Å². The van der Waals surface area contributed by atoms with E-state index in [2.05, 4.69) is 0 Å². The summed E-state index contributed by atoms with van der Waals surface area (Å²) in [6.07, 6.45) is 3.73. The highest BCUT2D eigenvalue weighted by Gasteiger charge is 2.35. The van der Waals surface area contributed by atoms with Gasteiger partial charge in [-0.1, -0.05) is 36.5 Å². The molecule has 0 spiro atoms. The Morgan fingerprint density at radius 2 is 1.58 bits per heavy atom. The lowest BCUT2D eigenvalue weighted by molar-refractivity contribution is 0.0974. The van der Waals surface area contributed by atoms with Crippen molar-refractivity contribution in [3.05, 3.63) is 76.0 Å². The quantitative estimate of drug-likeness (QED) is 0.575. The first-order valence-corrected chi connectivity index (χ1v) is 8.28. The zero-order valence-electron chi connectivity index (χ0n) is 13.4. The van der Waals surface area contributed by atoms with Crippen molar-refractivity contribution in [3.8, 4) is 11.5 Å². The number of aromatic hydroxyl groups is 2. The van der Waals surface area contributed by atoms with E-state index in [-0.39, 0.29) is 33.8 Å². The van der Waals surface area contributed by atoms with Gasteiger partial charge in [-0.15, -0.1) is 0 Å². The van der Waals surface area contributed by atoms with Crippen molar-refractivity contribution in [3.63, 3.8) is 0 Å². The van der Waals surface area contributed by atoms with Crippen LogP contribution in [0.3, 0.4) is 0 Å². The van der Waals surface area contributed by atoms with Gasteiger partial charge in [0.2, 0.25) is 5.78 Å². The van der Waals surface area contributed by atoms with Crippen LogP contribution < -0.4 is 5.73 Å². The second kappa shape index (κ2) is 5.64. The molecule has 2 aromatic rings. The van der Waals surface area contributed by atoms with Gasteiger partial charge < -0.3 is 15.9 Å². The van der Waals surface area contributed by atoms with Crippen molar-refractivity contribution in [1.29, 1.82) is 0 Å². The molecule has 0 bridgehead atoms. The fourth-order valence-electron chi connectivity index (χ4n) is 3.31. The second-order valence-electron chi connectivity index (χ2n) is 6.16. The van der Waals surface area contributed by atoms with Crippen molar-refractivity contribution in [1.82, 2.24) is 0 Å². The predicted molar refractivity (Wildman–Crippen MR) is 101 cm³/mol. The van der Waals surface area contributed by atoms with Crippen LogP contribution in [0.5, 0.6) is 11.5 Å². The fraction of sp³-hybridized carbons (Fsp3) is 0.0500. The van der Waals surface area contributed by atoms with Gasteiger partial charge >= 0.3 is 0 Å². The third kappa shape index (κ3) is 2.19. The molecule has 0 aliphatic heterocycles. The minimum atomic E-state index is -0.582. The maximum absolute atomic E-state index is 12.9. The molecule has 4 rings (SSSR count). The van der Waals surface area contributed by atoms with E-state index in [9.17, 15) is 19.8 Å². The molecule has 0 unspecified atom stereocenters. The van der Waals surface area contributed by atoms with Gasteiger partial charge in [-0.25, -0.2) is 0 Å². The minimum Gasteiger partial charge on any atom is -0.507 e. The normalized spacial score (nSPS) is 15.9. The Kier molecular flexibility index (Phi) is 3.52. The summed E-state index contributed by atoms with van der Waals surface area (Å²) < 4.78 is 0. The van der Waals surface area contributed by atoms with Crippen molar-refractivity contribution >= 4 is 34.2 Å². The van der Waals surface area contributed by atoms with Gasteiger partial charge in [-0.2, -0.15) is 0 Å². The number of fused-ring (bicyclic) bond motifs is 2. The number of allylic oxidation sites excluding steroid dienone is 4. The van der Waals surface area contributed by atoms with Gasteiger partial charge in [0, 0.05) is 33.7 Å². The molecule has 0 saturated heterocycles. The molecule has 26 heavy (non-hydrogen) atoms. The Bertz CT molecular complexity index is 1100. The molecule has 0 radical (unpaired) electrons. The number of thiocarbonyl (C=S) groups is 1. The number of rotatable bonds is 1. The molecule has 2 aliphatic carbocycles. The van der Waals surface area contributed by atoms with E-state index in [1.165, 1.54) is 24.3 Å². The van der Waals surface area contributed by atoms with Gasteiger partial charge in [0.25, 0.3) is 0 Å². The molecular weight excluding hydrogens is 350 g/mol. The van der Waals surface area contributed by atoms with Crippen LogP contribution >= 0.6 is 12.2 Å². The lowest BCUT2D eigenvalue weighted by Gasteiger charge is -2.22. The van der Waals surface area contributed by atoms with Crippen molar-refractivity contribution in [2.75, 3.05) is 0 Å². The van der Waals surface area contributed by atoms with E-state index in [1.54, 1.807) is 18.2 Å². The van der Waals surface area contributed by atoms with Crippen LogP contribution in [0.1, 0.15) is 43.8 Å². The van der Waals surface area contributed by atoms with E-state index in [0.717, 1.165) is 0 Å². The number of ketones is 2. The maximum atomic E-state index is 12.9. The summed E-state index contributed by atoms with van der Waals surface area (Å²) in [6.45, 7) is 0. The molecule has 0 aromatic heterocycles. The zero-order chi connectivity index (χ0) is 18.6. The van der Waals surface area contributed by atoms with Crippen LogP contribution in [-0.4, -0.2) is 26.6 Å². The first-order valence-electron chi connectivity index (χ1n) is 7.87. The van der Waals surface area contributed by atoms with Crippen LogP contribution in [0.4, 0.5) is 0 Å². The molecule has 6 heteroatoms. The number of hydrogen-bond acceptors (Lipinski definition) is 6. The summed E-state index contributed by atoms with van der Waals surface area (Å²) in [5.41, 5.74) is 7.42. The lowest BCUT2D eigenvalue weighted by atomic mass is 9.81. The first kappa shape index (κ1) is 16.2. The zero-order valence-corrected chi connectivity index (χ0v) is 14.3. The minimum absolute atomic E-state index is 0.0882. The van der Waals surface area contributed by atoms with E-state index >= 15 is 0 Å². The van der Waals surface area contributed by atoms with Crippen molar-refractivity contribution in [2.24, 2.45) is 5.73 Å². The maximum Gasteiger partial charge on any atom is 0.201 e. The van der Waals surface area contributed by atoms with Gasteiger partial charge in [-0.3, -0.25) is 9.59 Å². The number of benzene rings is 2. The Balaban J connectivity index is 1.93. The highest BCUT2D eigenvalue weighted by molar-refractivity contribution is 7.80. The van der Waals surface area contributed by atoms with Crippen LogP contribution in [0.25, 0.3) is 5.57 Å². The SMILES string of the molecule is NC1=CC=C(c2ccc3c(c2O)C(=O)c2c(O)cccc2C3=O)CC1=S. The topological polar surface area (TPSA) is 101 Å². The van der Waals surface area contributed by atoms with E-state index in [4.69, 9.17) is 18.0 Å². The fourth-order valence-corrected chi connectivity index (χ4v) is 3.53. The molecular formula is C20H13NO4S. The summed E-state index contributed by atoms with van der Waals surface area (Å²) in [6, 6.07) is 7.44. The third-order valence-corrected chi connectivity index (χ3v) is 5.03. The molecule has 0 saturated carbocycles. The monoisotopic (exact) mass is 363 g/mol. The average Bonchev–Trinajstić information content (AvgIpc) is 2.61. The molecule has 5 nitrogen and oxygen atoms in total. The number of phenolic OH excluding ortho intramolecular Hbond substituents is 2. The van der Waals surface area contributed by atoms with Crippen LogP contribution in [0.2, 0.25) is 0 Å². The van der Waals surface area contributed by atoms with Crippen LogP contribution in [0, 0.1) is 0 Å². The lowest BCUT2D eigenvalue weighted by Crippen LogP contribution is -2.21. The molecule has 128 valence electrons. The van der Waals surface area contributed by atoms with E-state index in [1.807, 2.05) is 0 Å². The Labute approximate surface area is 154 Å². The Morgan fingerprint density at radius 3 is 2.31 bits per heavy atom. The number of carbonyl (C=O) groups excluding carboxylic acids is 2. The Hall–Kier alpha value is -3.25. The molecule has 0 atom stereocenters. The van der Waals surface area contributed by atoms with Crippen LogP contribution in [0.15, 0.2) is 48.2 Å². The summed E-state index contributed by atoms with van der Waals surface area (Å²) in [4.78, 5) is 26.1. The van der Waals surface area contributed by atoms with Gasteiger partial charge in [0.1, 0.15) is 11.5 Å². The smallest absolute Gasteiger partial charge is 0.201 e. The molecule has 0 heterocycles. The van der Waals surface area contributed by atoms with Crippen LogP contribution in [-0.2, 0) is 0 Å². The summed E-state index contributed by atoms with van der Waals surface area (Å²) in [5.74, 6) is -1.58. The predicted octanol–water partition coefficient (Wildman–Crippen LogP) is 2.87. The summed E-state index contributed by atoms with van der Waals surface area (Å²) in [7, 11) is 0. The van der Waals surface area contributed by atoms with Crippen molar-refractivity contribution in [2.45, 2.75) is 6.42 Å². The summed E-state index contributed by atoms with van der Waals surface area (Å²) >= 11 is 5.21. The van der Waals surface area contributed by atoms with Gasteiger partial charge in [0.15, 0.2) is 5.78 Å². The van der Waals surface area contributed by atoms with Gasteiger partial charge in [-0.05, 0) is 23.8 Å². The molecule has 2 aromatic carbocycles. The van der Waals surface area contributed by atoms with Gasteiger partial charge in [0.05, 0.1) is 11.1 Å². The highest BCUT2D eigenvalue weighted by Crippen LogP contribution is 2.41. The average molecular weight is 363 g/mol. The summed E-state index contributed by atoms with van der Waals surface area (Å²) in [5, 5.41) is 20.8. The number of carbonyl (C=O) groups is 2. The third-order valence-electron chi connectivity index (χ3n) is 4.65.